The Morgan fingerprint density at radius 2 is 2.05 bits per heavy atom. The Morgan fingerprint density at radius 1 is 1.32 bits per heavy atom. The summed E-state index contributed by atoms with van der Waals surface area (Å²) in [7, 11) is 1.82. The van der Waals surface area contributed by atoms with Gasteiger partial charge in [0.1, 0.15) is 0 Å². The number of nitrogens with one attached hydrogen (secondary N) is 1. The van der Waals surface area contributed by atoms with Crippen LogP contribution in [0.25, 0.3) is 0 Å². The van der Waals surface area contributed by atoms with Gasteiger partial charge in [-0.2, -0.15) is 0 Å². The van der Waals surface area contributed by atoms with Crippen LogP contribution in [-0.4, -0.2) is 36.9 Å². The second kappa shape index (κ2) is 7.04. The monoisotopic (exact) mass is 262 g/mol. The minimum Gasteiger partial charge on any atom is -0.381 e. The smallest absolute Gasteiger partial charge is 0.0626 e. The highest BCUT2D eigenvalue weighted by atomic mass is 16.5. The average Bonchev–Trinajstić information content (AvgIpc) is 2.45. The van der Waals surface area contributed by atoms with Gasteiger partial charge in [-0.25, -0.2) is 0 Å². The van der Waals surface area contributed by atoms with Gasteiger partial charge in [0.25, 0.3) is 0 Å². The van der Waals surface area contributed by atoms with Crippen LogP contribution in [0.2, 0.25) is 0 Å². The maximum absolute atomic E-state index is 5.53. The lowest BCUT2D eigenvalue weighted by Crippen LogP contribution is -2.54. The first-order valence-corrected chi connectivity index (χ1v) is 7.26. The molecule has 1 N–H and O–H groups in total. The minimum atomic E-state index is 0.392. The topological polar surface area (TPSA) is 24.5 Å². The van der Waals surface area contributed by atoms with Crippen molar-refractivity contribution in [2.45, 2.75) is 51.5 Å². The first-order valence-electron chi connectivity index (χ1n) is 7.26. The molecule has 3 nitrogen and oxygen atoms in total. The van der Waals surface area contributed by atoms with Crippen molar-refractivity contribution in [2.24, 2.45) is 0 Å². The predicted octanol–water partition coefficient (Wildman–Crippen LogP) is 2.62. The van der Waals surface area contributed by atoms with E-state index in [0.717, 1.165) is 25.9 Å². The highest BCUT2D eigenvalue weighted by Gasteiger charge is 2.29. The van der Waals surface area contributed by atoms with Gasteiger partial charge in [-0.05, 0) is 25.8 Å². The molecule has 0 amide bonds. The van der Waals surface area contributed by atoms with Crippen molar-refractivity contribution < 1.29 is 4.74 Å². The van der Waals surface area contributed by atoms with Crippen LogP contribution in [0.4, 0.5) is 0 Å². The molecule has 1 aromatic carbocycles. The second-order valence-electron chi connectivity index (χ2n) is 5.60. The summed E-state index contributed by atoms with van der Waals surface area (Å²) in [5, 5.41) is 3.68. The van der Waals surface area contributed by atoms with Crippen molar-refractivity contribution in [1.82, 2.24) is 10.2 Å². The first kappa shape index (κ1) is 14.5. The summed E-state index contributed by atoms with van der Waals surface area (Å²) in [6.07, 6.45) is 3.02. The summed E-state index contributed by atoms with van der Waals surface area (Å²) in [5.74, 6) is 0. The molecule has 0 bridgehead atoms. The largest absolute Gasteiger partial charge is 0.381 e. The van der Waals surface area contributed by atoms with Crippen LogP contribution in [0.1, 0.15) is 32.3 Å². The third-order valence-corrected chi connectivity index (χ3v) is 3.98. The van der Waals surface area contributed by atoms with Gasteiger partial charge in [0.05, 0.1) is 12.3 Å². The highest BCUT2D eigenvalue weighted by molar-refractivity contribution is 5.14. The van der Waals surface area contributed by atoms with Gasteiger partial charge in [-0.1, -0.05) is 30.3 Å². The number of piperidine rings is 1. The molecule has 2 atom stereocenters. The van der Waals surface area contributed by atoms with E-state index in [9.17, 15) is 0 Å². The van der Waals surface area contributed by atoms with Gasteiger partial charge in [0.15, 0.2) is 0 Å². The molecule has 106 valence electrons. The normalized spacial score (nSPS) is 24.8. The molecular weight excluding hydrogens is 236 g/mol. The Balaban J connectivity index is 1.93. The number of hydrogen-bond acceptors (Lipinski definition) is 3. The van der Waals surface area contributed by atoms with Crippen molar-refractivity contribution in [2.75, 3.05) is 13.7 Å². The van der Waals surface area contributed by atoms with Gasteiger partial charge in [-0.15, -0.1) is 0 Å². The molecule has 0 saturated carbocycles. The first-order chi connectivity index (χ1) is 9.20. The van der Waals surface area contributed by atoms with E-state index in [1.54, 1.807) is 0 Å². The Labute approximate surface area is 116 Å². The van der Waals surface area contributed by atoms with Crippen LogP contribution in [0.3, 0.4) is 0 Å². The zero-order valence-electron chi connectivity index (χ0n) is 12.3. The summed E-state index contributed by atoms with van der Waals surface area (Å²) in [4.78, 5) is 2.54. The molecule has 3 heteroatoms. The molecule has 2 rings (SSSR count). The fraction of sp³-hybridized carbons (Fsp3) is 0.625. The van der Waals surface area contributed by atoms with Crippen molar-refractivity contribution in [1.29, 1.82) is 0 Å². The van der Waals surface area contributed by atoms with Gasteiger partial charge in [-0.3, -0.25) is 10.2 Å². The summed E-state index contributed by atoms with van der Waals surface area (Å²) in [6.45, 7) is 6.57. The molecule has 19 heavy (non-hydrogen) atoms. The third kappa shape index (κ3) is 4.03. The maximum atomic E-state index is 5.53. The van der Waals surface area contributed by atoms with Gasteiger partial charge < -0.3 is 4.74 Å². The number of benzene rings is 1. The van der Waals surface area contributed by atoms with E-state index >= 15 is 0 Å². The molecule has 1 aliphatic rings. The van der Waals surface area contributed by atoms with E-state index in [-0.39, 0.29) is 0 Å². The summed E-state index contributed by atoms with van der Waals surface area (Å²) >= 11 is 0. The van der Waals surface area contributed by atoms with E-state index in [1.807, 2.05) is 7.11 Å². The molecule has 1 aliphatic heterocycles. The quantitative estimate of drug-likeness (QED) is 0.883. The van der Waals surface area contributed by atoms with Crippen molar-refractivity contribution in [3.8, 4) is 0 Å². The molecule has 1 saturated heterocycles. The Bertz CT molecular complexity index is 366. The number of hydrogen-bond donors (Lipinski definition) is 1. The fourth-order valence-corrected chi connectivity index (χ4v) is 2.82. The molecule has 0 radical (unpaired) electrons. The second-order valence-corrected chi connectivity index (χ2v) is 5.60. The molecule has 1 aromatic rings. The van der Waals surface area contributed by atoms with Crippen LogP contribution in [0.5, 0.6) is 0 Å². The fourth-order valence-electron chi connectivity index (χ4n) is 2.82. The average molecular weight is 262 g/mol. The van der Waals surface area contributed by atoms with Gasteiger partial charge in [0, 0.05) is 32.7 Å². The van der Waals surface area contributed by atoms with E-state index in [2.05, 4.69) is 54.4 Å². The van der Waals surface area contributed by atoms with Crippen LogP contribution >= 0.6 is 0 Å². The number of rotatable bonds is 5. The van der Waals surface area contributed by atoms with Crippen molar-refractivity contribution in [3.63, 3.8) is 0 Å². The Kier molecular flexibility index (Phi) is 5.37. The maximum Gasteiger partial charge on any atom is 0.0626 e. The summed E-state index contributed by atoms with van der Waals surface area (Å²) in [6, 6.07) is 11.2. The molecule has 0 spiro atoms. The number of methoxy groups -OCH3 is 1. The Hall–Kier alpha value is -0.900. The number of likely N-dealkylation sites (tertiary alicyclic amines) is 1. The van der Waals surface area contributed by atoms with Crippen LogP contribution in [0, 0.1) is 0 Å². The zero-order valence-corrected chi connectivity index (χ0v) is 12.3. The summed E-state index contributed by atoms with van der Waals surface area (Å²) in [5.41, 5.74) is 1.34. The van der Waals surface area contributed by atoms with E-state index in [4.69, 9.17) is 4.74 Å². The lowest BCUT2D eigenvalue weighted by atomic mass is 10.0. The Morgan fingerprint density at radius 3 is 2.68 bits per heavy atom. The van der Waals surface area contributed by atoms with Crippen LogP contribution in [-0.2, 0) is 11.3 Å². The van der Waals surface area contributed by atoms with Crippen LogP contribution in [0.15, 0.2) is 30.3 Å². The molecule has 0 aromatic heterocycles. The van der Waals surface area contributed by atoms with Gasteiger partial charge in [0.2, 0.25) is 0 Å². The van der Waals surface area contributed by atoms with E-state index < -0.39 is 0 Å². The molecule has 1 heterocycles. The lowest BCUT2D eigenvalue weighted by Gasteiger charge is -2.41. The standard InChI is InChI=1S/C16H26N2O/c1-13(2)18-10-9-15(19-3)11-16(18)17-12-14-7-5-4-6-8-14/h4-8,13,15-17H,9-12H2,1-3H3. The highest BCUT2D eigenvalue weighted by Crippen LogP contribution is 2.20. The SMILES string of the molecule is COC1CCN(C(C)C)C(NCc2ccccc2)C1. The van der Waals surface area contributed by atoms with Crippen LogP contribution < -0.4 is 5.32 Å². The van der Waals surface area contributed by atoms with E-state index in [1.165, 1.54) is 5.56 Å². The number of nitrogens with zero attached hydrogens (tertiary/aromatic N) is 1. The van der Waals surface area contributed by atoms with E-state index in [0.29, 0.717) is 18.3 Å². The number of ether oxygens (including phenoxy) is 1. The van der Waals surface area contributed by atoms with Crippen molar-refractivity contribution >= 4 is 0 Å². The molecular formula is C16H26N2O. The predicted molar refractivity (Wildman–Crippen MR) is 78.9 cm³/mol. The lowest BCUT2D eigenvalue weighted by molar-refractivity contribution is -0.0123. The molecule has 1 fully saturated rings. The van der Waals surface area contributed by atoms with Crippen molar-refractivity contribution in [3.05, 3.63) is 35.9 Å². The van der Waals surface area contributed by atoms with Gasteiger partial charge >= 0.3 is 0 Å². The summed E-state index contributed by atoms with van der Waals surface area (Å²) < 4.78 is 5.53. The molecule has 0 aliphatic carbocycles. The molecule has 2 unspecified atom stereocenters. The third-order valence-electron chi connectivity index (χ3n) is 3.98. The zero-order chi connectivity index (χ0) is 13.7. The minimum absolute atomic E-state index is 0.392.